The van der Waals surface area contributed by atoms with Crippen molar-refractivity contribution in [2.24, 2.45) is 0 Å². The van der Waals surface area contributed by atoms with Crippen LogP contribution in [0.25, 0.3) is 0 Å². The van der Waals surface area contributed by atoms with Crippen molar-refractivity contribution < 1.29 is 28.6 Å². The van der Waals surface area contributed by atoms with E-state index in [0.29, 0.717) is 19.3 Å². The number of allylic oxidation sites excluding steroid dienone is 22. The van der Waals surface area contributed by atoms with Crippen LogP contribution in [0.1, 0.15) is 303 Å². The molecule has 81 heavy (non-hydrogen) atoms. The summed E-state index contributed by atoms with van der Waals surface area (Å²) < 4.78 is 16.9. The zero-order valence-electron chi connectivity index (χ0n) is 52.8. The zero-order valence-corrected chi connectivity index (χ0v) is 52.8. The van der Waals surface area contributed by atoms with Gasteiger partial charge in [-0.3, -0.25) is 14.4 Å². The van der Waals surface area contributed by atoms with E-state index in [4.69, 9.17) is 14.2 Å². The van der Waals surface area contributed by atoms with Crippen LogP contribution in [0.4, 0.5) is 0 Å². The Morgan fingerprint density at radius 2 is 0.481 bits per heavy atom. The fraction of sp³-hybridized carbons (Fsp3) is 0.667. The lowest BCUT2D eigenvalue weighted by Crippen LogP contribution is -2.30. The smallest absolute Gasteiger partial charge is 0.306 e. The number of hydrogen-bond acceptors (Lipinski definition) is 6. The maximum absolute atomic E-state index is 12.9. The van der Waals surface area contributed by atoms with Crippen LogP contribution in [0, 0.1) is 0 Å². The Bertz CT molecular complexity index is 1720. The van der Waals surface area contributed by atoms with Gasteiger partial charge in [0.15, 0.2) is 6.10 Å². The van der Waals surface area contributed by atoms with Gasteiger partial charge < -0.3 is 14.2 Å². The van der Waals surface area contributed by atoms with E-state index in [-0.39, 0.29) is 31.1 Å². The van der Waals surface area contributed by atoms with Crippen molar-refractivity contribution in [2.75, 3.05) is 13.2 Å². The molecule has 0 aliphatic rings. The van der Waals surface area contributed by atoms with Crippen LogP contribution in [0.15, 0.2) is 134 Å². The highest BCUT2D eigenvalue weighted by molar-refractivity contribution is 5.71. The molecule has 0 bridgehead atoms. The second-order valence-corrected chi connectivity index (χ2v) is 22.0. The normalized spacial score (nSPS) is 13.0. The third kappa shape index (κ3) is 66.2. The molecule has 6 nitrogen and oxygen atoms in total. The van der Waals surface area contributed by atoms with Gasteiger partial charge in [0.25, 0.3) is 0 Å². The van der Waals surface area contributed by atoms with Crippen molar-refractivity contribution in [3.8, 4) is 0 Å². The van der Waals surface area contributed by atoms with Crippen molar-refractivity contribution in [1.29, 1.82) is 0 Å². The molecular formula is C75H124O6. The van der Waals surface area contributed by atoms with Gasteiger partial charge in [-0.05, 0) is 122 Å². The van der Waals surface area contributed by atoms with E-state index >= 15 is 0 Å². The van der Waals surface area contributed by atoms with E-state index in [9.17, 15) is 14.4 Å². The molecule has 0 N–H and O–H groups in total. The van der Waals surface area contributed by atoms with Crippen molar-refractivity contribution in [2.45, 2.75) is 309 Å². The van der Waals surface area contributed by atoms with Crippen LogP contribution < -0.4 is 0 Å². The minimum atomic E-state index is -0.800. The predicted octanol–water partition coefficient (Wildman–Crippen LogP) is 23.3. The molecule has 0 spiro atoms. The van der Waals surface area contributed by atoms with Crippen LogP contribution in [-0.4, -0.2) is 37.2 Å². The number of unbranched alkanes of at least 4 members (excludes halogenated alkanes) is 27. The molecule has 0 saturated carbocycles. The maximum atomic E-state index is 12.9. The van der Waals surface area contributed by atoms with E-state index in [1.807, 2.05) is 0 Å². The van der Waals surface area contributed by atoms with Gasteiger partial charge in [-0.1, -0.05) is 296 Å². The molecule has 0 fully saturated rings. The molecule has 0 aliphatic heterocycles. The number of hydrogen-bond donors (Lipinski definition) is 0. The lowest BCUT2D eigenvalue weighted by molar-refractivity contribution is -0.167. The molecule has 0 rings (SSSR count). The first-order valence-electron chi connectivity index (χ1n) is 33.7. The minimum Gasteiger partial charge on any atom is -0.462 e. The molecule has 0 amide bonds. The summed E-state index contributed by atoms with van der Waals surface area (Å²) in [4.78, 5) is 38.4. The van der Waals surface area contributed by atoms with Crippen molar-refractivity contribution in [1.82, 2.24) is 0 Å². The van der Waals surface area contributed by atoms with E-state index in [2.05, 4.69) is 154 Å². The summed E-state index contributed by atoms with van der Waals surface area (Å²) in [6, 6.07) is 0. The first-order valence-corrected chi connectivity index (χ1v) is 33.7. The van der Waals surface area contributed by atoms with E-state index < -0.39 is 6.10 Å². The van der Waals surface area contributed by atoms with Gasteiger partial charge in [0.05, 0.1) is 0 Å². The Balaban J connectivity index is 4.43. The molecule has 0 heterocycles. The molecule has 0 aromatic heterocycles. The molecule has 460 valence electrons. The number of esters is 3. The summed E-state index contributed by atoms with van der Waals surface area (Å²) in [5.41, 5.74) is 0. The third-order valence-corrected chi connectivity index (χ3v) is 14.1. The predicted molar refractivity (Wildman–Crippen MR) is 353 cm³/mol. The number of carbonyl (C=O) groups excluding carboxylic acids is 3. The Morgan fingerprint density at radius 1 is 0.259 bits per heavy atom. The largest absolute Gasteiger partial charge is 0.462 e. The summed E-state index contributed by atoms with van der Waals surface area (Å²) in [7, 11) is 0. The Kier molecular flexibility index (Phi) is 64.3. The molecule has 1 atom stereocenters. The molecule has 0 radical (unpaired) electrons. The molecular weight excluding hydrogens is 997 g/mol. The molecule has 0 aliphatic carbocycles. The van der Waals surface area contributed by atoms with Crippen LogP contribution in [0.5, 0.6) is 0 Å². The van der Waals surface area contributed by atoms with Gasteiger partial charge in [0.2, 0.25) is 0 Å². The highest BCUT2D eigenvalue weighted by Crippen LogP contribution is 2.16. The summed E-state index contributed by atoms with van der Waals surface area (Å²) in [5, 5.41) is 0. The van der Waals surface area contributed by atoms with E-state index in [0.717, 1.165) is 148 Å². The molecule has 0 aromatic rings. The summed E-state index contributed by atoms with van der Waals surface area (Å²) in [5.74, 6) is -0.925. The zero-order chi connectivity index (χ0) is 58.5. The molecule has 1 unspecified atom stereocenters. The van der Waals surface area contributed by atoms with Gasteiger partial charge in [-0.25, -0.2) is 0 Å². The lowest BCUT2D eigenvalue weighted by atomic mass is 10.0. The monoisotopic (exact) mass is 1120 g/mol. The Hall–Kier alpha value is -4.45. The quantitative estimate of drug-likeness (QED) is 0.0261. The van der Waals surface area contributed by atoms with Crippen molar-refractivity contribution in [3.05, 3.63) is 134 Å². The lowest BCUT2D eigenvalue weighted by Gasteiger charge is -2.18. The van der Waals surface area contributed by atoms with Crippen LogP contribution in [0.2, 0.25) is 0 Å². The van der Waals surface area contributed by atoms with Crippen LogP contribution in [-0.2, 0) is 28.6 Å². The Labute approximate surface area is 500 Å². The first kappa shape index (κ1) is 76.5. The topological polar surface area (TPSA) is 78.9 Å². The SMILES string of the molecule is CC/C=C\C/C=C\C/C=C\C/C=C\C/C=C\C/C=C\C/C=C\C/C=C\CCCCCCC(=O)OCC(COC(=O)CCCCCCCCCCCCCCCCC)OC(=O)CCCCCCCC/C=C\C/C=C\C/C=C\CCCCC. The summed E-state index contributed by atoms with van der Waals surface area (Å²) in [6.45, 7) is 6.49. The van der Waals surface area contributed by atoms with Crippen molar-refractivity contribution in [3.63, 3.8) is 0 Å². The van der Waals surface area contributed by atoms with E-state index in [1.54, 1.807) is 0 Å². The van der Waals surface area contributed by atoms with Crippen molar-refractivity contribution >= 4 is 17.9 Å². The fourth-order valence-electron chi connectivity index (χ4n) is 9.11. The van der Waals surface area contributed by atoms with E-state index in [1.165, 1.54) is 116 Å². The average molecular weight is 1120 g/mol. The van der Waals surface area contributed by atoms with Gasteiger partial charge in [0.1, 0.15) is 13.2 Å². The molecule has 6 heteroatoms. The van der Waals surface area contributed by atoms with Gasteiger partial charge >= 0.3 is 17.9 Å². The second kappa shape index (κ2) is 68.1. The van der Waals surface area contributed by atoms with Gasteiger partial charge in [-0.2, -0.15) is 0 Å². The number of carbonyl (C=O) groups is 3. The number of ether oxygens (including phenoxy) is 3. The highest BCUT2D eigenvalue weighted by Gasteiger charge is 2.19. The first-order chi connectivity index (χ1) is 40.0. The average Bonchev–Trinajstić information content (AvgIpc) is 3.47. The number of rotatable bonds is 60. The second-order valence-electron chi connectivity index (χ2n) is 22.0. The highest BCUT2D eigenvalue weighted by atomic mass is 16.6. The molecule has 0 aromatic carbocycles. The maximum Gasteiger partial charge on any atom is 0.306 e. The van der Waals surface area contributed by atoms with Gasteiger partial charge in [0, 0.05) is 19.3 Å². The Morgan fingerprint density at radius 3 is 0.778 bits per heavy atom. The standard InChI is InChI=1S/C75H124O6/c1-4-7-10-13-16-19-22-25-28-30-32-33-34-35-36-37-38-39-40-41-43-44-47-50-53-56-59-62-65-68-74(77)80-71-72(70-79-73(76)67-64-61-58-55-52-49-46-27-24-21-18-15-12-9-6-3)81-75(78)69-66-63-60-57-54-51-48-45-42-31-29-26-23-20-17-14-11-8-5-2/h7,10,16-17,19-20,25-26,28-29,32-33,35-36,38-39,41-43,45,47,50,72H,4-6,8-9,11-15,18,21-24,27,30-31,34,37,40,44,46,48-49,51-71H2,1-3H3/b10-7-,19-16-,20-17-,28-25-,29-26-,33-32-,36-35-,39-38-,43-41-,45-42-,50-47-. The minimum absolute atomic E-state index is 0.0926. The van der Waals surface area contributed by atoms with Crippen LogP contribution in [0.3, 0.4) is 0 Å². The fourth-order valence-corrected chi connectivity index (χ4v) is 9.11. The summed E-state index contributed by atoms with van der Waals surface area (Å²) >= 11 is 0. The summed E-state index contributed by atoms with van der Waals surface area (Å²) in [6.07, 6.45) is 96.0. The molecule has 0 saturated heterocycles. The van der Waals surface area contributed by atoms with Crippen LogP contribution >= 0.6 is 0 Å². The third-order valence-electron chi connectivity index (χ3n) is 14.1. The van der Waals surface area contributed by atoms with Gasteiger partial charge in [-0.15, -0.1) is 0 Å².